The first-order chi connectivity index (χ1) is 9.85. The lowest BCUT2D eigenvalue weighted by atomic mass is 10.1. The maximum atomic E-state index is 12.3. The van der Waals surface area contributed by atoms with Gasteiger partial charge in [0.15, 0.2) is 0 Å². The second kappa shape index (κ2) is 6.67. The predicted molar refractivity (Wildman–Crippen MR) is 84.6 cm³/mol. The summed E-state index contributed by atoms with van der Waals surface area (Å²) >= 11 is 6.06. The molecule has 21 heavy (non-hydrogen) atoms. The molecular formula is C16H23ClN2O2. The lowest BCUT2D eigenvalue weighted by molar-refractivity contribution is 0.0247. The fourth-order valence-electron chi connectivity index (χ4n) is 2.36. The van der Waals surface area contributed by atoms with E-state index in [9.17, 15) is 4.79 Å². The van der Waals surface area contributed by atoms with E-state index < -0.39 is 5.60 Å². The van der Waals surface area contributed by atoms with Gasteiger partial charge in [0.25, 0.3) is 0 Å². The van der Waals surface area contributed by atoms with Gasteiger partial charge in [-0.05, 0) is 51.4 Å². The van der Waals surface area contributed by atoms with Gasteiger partial charge in [-0.2, -0.15) is 0 Å². The van der Waals surface area contributed by atoms with Crippen LogP contribution in [-0.4, -0.2) is 36.2 Å². The molecule has 1 amide bonds. The molecule has 1 heterocycles. The maximum Gasteiger partial charge on any atom is 0.410 e. The molecule has 4 nitrogen and oxygen atoms in total. The van der Waals surface area contributed by atoms with Crippen molar-refractivity contribution in [1.82, 2.24) is 10.2 Å². The summed E-state index contributed by atoms with van der Waals surface area (Å²) in [6.07, 6.45) is 0.661. The van der Waals surface area contributed by atoms with Crippen LogP contribution < -0.4 is 5.32 Å². The monoisotopic (exact) mass is 310 g/mol. The molecule has 0 radical (unpaired) electrons. The molecule has 1 fully saturated rings. The van der Waals surface area contributed by atoms with E-state index in [-0.39, 0.29) is 12.1 Å². The van der Waals surface area contributed by atoms with Gasteiger partial charge in [0.05, 0.1) is 6.04 Å². The molecular weight excluding hydrogens is 288 g/mol. The Bertz CT molecular complexity index is 499. The van der Waals surface area contributed by atoms with Gasteiger partial charge in [-0.15, -0.1) is 0 Å². The van der Waals surface area contributed by atoms with E-state index in [0.29, 0.717) is 18.1 Å². The maximum absolute atomic E-state index is 12.3. The second-order valence-corrected chi connectivity index (χ2v) is 6.78. The molecule has 1 aliphatic heterocycles. The average Bonchev–Trinajstić information content (AvgIpc) is 2.62. The van der Waals surface area contributed by atoms with Crippen LogP contribution >= 0.6 is 11.6 Å². The first kappa shape index (κ1) is 16.1. The Morgan fingerprint density at radius 2 is 2.19 bits per heavy atom. The minimum Gasteiger partial charge on any atom is -0.444 e. The molecule has 5 heteroatoms. The van der Waals surface area contributed by atoms with Crippen LogP contribution in [0.25, 0.3) is 0 Å². The Balaban J connectivity index is 2.09. The smallest absolute Gasteiger partial charge is 0.410 e. The Hall–Kier alpha value is -1.26. The number of rotatable bonds is 1. The Kier molecular flexibility index (Phi) is 5.12. The molecule has 2 rings (SSSR count). The molecule has 1 aromatic carbocycles. The first-order valence-electron chi connectivity index (χ1n) is 7.32. The third kappa shape index (κ3) is 4.90. The van der Waals surface area contributed by atoms with Gasteiger partial charge in [0.2, 0.25) is 0 Å². The second-order valence-electron chi connectivity index (χ2n) is 6.34. The van der Waals surface area contributed by atoms with Gasteiger partial charge in [0.1, 0.15) is 5.60 Å². The molecule has 1 aromatic rings. The topological polar surface area (TPSA) is 41.6 Å². The van der Waals surface area contributed by atoms with Gasteiger partial charge in [-0.25, -0.2) is 4.79 Å². The molecule has 1 atom stereocenters. The van der Waals surface area contributed by atoms with Crippen LogP contribution in [0.4, 0.5) is 4.79 Å². The largest absolute Gasteiger partial charge is 0.444 e. The van der Waals surface area contributed by atoms with E-state index in [0.717, 1.165) is 18.5 Å². The van der Waals surface area contributed by atoms with Crippen molar-refractivity contribution in [3.63, 3.8) is 0 Å². The van der Waals surface area contributed by atoms with Crippen molar-refractivity contribution in [2.45, 2.75) is 38.8 Å². The number of ether oxygens (including phenoxy) is 1. The standard InChI is InChI=1S/C16H23ClN2O2/c1-16(2,3)21-15(20)19-9-5-8-18-14(11-19)12-6-4-7-13(17)10-12/h4,6-7,10,14,18H,5,8-9,11H2,1-3H3. The summed E-state index contributed by atoms with van der Waals surface area (Å²) in [4.78, 5) is 14.0. The zero-order chi connectivity index (χ0) is 15.5. The molecule has 1 unspecified atom stereocenters. The molecule has 0 spiro atoms. The number of hydrogen-bond donors (Lipinski definition) is 1. The van der Waals surface area contributed by atoms with E-state index in [4.69, 9.17) is 16.3 Å². The third-order valence-corrected chi connectivity index (χ3v) is 3.54. The van der Waals surface area contributed by atoms with E-state index in [1.54, 1.807) is 4.90 Å². The summed E-state index contributed by atoms with van der Waals surface area (Å²) in [7, 11) is 0. The average molecular weight is 311 g/mol. The summed E-state index contributed by atoms with van der Waals surface area (Å²) in [5.41, 5.74) is 0.625. The lowest BCUT2D eigenvalue weighted by Crippen LogP contribution is -2.39. The third-order valence-electron chi connectivity index (χ3n) is 3.30. The summed E-state index contributed by atoms with van der Waals surface area (Å²) in [6, 6.07) is 7.84. The van der Waals surface area contributed by atoms with Gasteiger partial charge >= 0.3 is 6.09 Å². The highest BCUT2D eigenvalue weighted by molar-refractivity contribution is 6.30. The fraction of sp³-hybridized carbons (Fsp3) is 0.562. The number of benzene rings is 1. The highest BCUT2D eigenvalue weighted by Crippen LogP contribution is 2.21. The molecule has 116 valence electrons. The highest BCUT2D eigenvalue weighted by atomic mass is 35.5. The summed E-state index contributed by atoms with van der Waals surface area (Å²) < 4.78 is 5.47. The molecule has 1 N–H and O–H groups in total. The lowest BCUT2D eigenvalue weighted by Gasteiger charge is -2.28. The Labute approximate surface area is 131 Å². The fourth-order valence-corrected chi connectivity index (χ4v) is 2.56. The molecule has 1 aliphatic rings. The zero-order valence-corrected chi connectivity index (χ0v) is 13.6. The van der Waals surface area contributed by atoms with Gasteiger partial charge < -0.3 is 15.0 Å². The molecule has 0 aromatic heterocycles. The number of amides is 1. The minimum atomic E-state index is -0.470. The minimum absolute atomic E-state index is 0.0821. The summed E-state index contributed by atoms with van der Waals surface area (Å²) in [5, 5.41) is 4.18. The van der Waals surface area contributed by atoms with Crippen LogP contribution in [0.15, 0.2) is 24.3 Å². The van der Waals surface area contributed by atoms with Crippen molar-refractivity contribution >= 4 is 17.7 Å². The summed E-state index contributed by atoms with van der Waals surface area (Å²) in [6.45, 7) is 7.82. The molecule has 1 saturated heterocycles. The van der Waals surface area contributed by atoms with E-state index in [1.165, 1.54) is 0 Å². The van der Waals surface area contributed by atoms with E-state index in [1.807, 2.05) is 45.0 Å². The highest BCUT2D eigenvalue weighted by Gasteiger charge is 2.26. The summed E-state index contributed by atoms with van der Waals surface area (Å²) in [5.74, 6) is 0. The van der Waals surface area contributed by atoms with E-state index >= 15 is 0 Å². The van der Waals surface area contributed by atoms with Gasteiger partial charge in [0, 0.05) is 18.1 Å². The van der Waals surface area contributed by atoms with Crippen LogP contribution in [0.3, 0.4) is 0 Å². The van der Waals surface area contributed by atoms with Crippen molar-refractivity contribution in [3.8, 4) is 0 Å². The van der Waals surface area contributed by atoms with Gasteiger partial charge in [-0.3, -0.25) is 0 Å². The van der Waals surface area contributed by atoms with Gasteiger partial charge in [-0.1, -0.05) is 23.7 Å². The van der Waals surface area contributed by atoms with Crippen molar-refractivity contribution in [2.75, 3.05) is 19.6 Å². The number of carbonyl (C=O) groups excluding carboxylic acids is 1. The number of carbonyl (C=O) groups is 1. The molecule has 0 bridgehead atoms. The number of nitrogens with zero attached hydrogens (tertiary/aromatic N) is 1. The Morgan fingerprint density at radius 1 is 1.43 bits per heavy atom. The SMILES string of the molecule is CC(C)(C)OC(=O)N1CCCNC(c2cccc(Cl)c2)C1. The van der Waals surface area contributed by atoms with Crippen molar-refractivity contribution in [3.05, 3.63) is 34.9 Å². The van der Waals surface area contributed by atoms with Crippen LogP contribution in [0.1, 0.15) is 38.8 Å². The van der Waals surface area contributed by atoms with Crippen LogP contribution in [-0.2, 0) is 4.74 Å². The Morgan fingerprint density at radius 3 is 2.86 bits per heavy atom. The molecule has 0 aliphatic carbocycles. The number of halogens is 1. The van der Waals surface area contributed by atoms with Crippen molar-refractivity contribution in [1.29, 1.82) is 0 Å². The number of nitrogens with one attached hydrogen (secondary N) is 1. The van der Waals surface area contributed by atoms with Crippen LogP contribution in [0.2, 0.25) is 5.02 Å². The van der Waals surface area contributed by atoms with Crippen LogP contribution in [0, 0.1) is 0 Å². The first-order valence-corrected chi connectivity index (χ1v) is 7.70. The van der Waals surface area contributed by atoms with Crippen molar-refractivity contribution < 1.29 is 9.53 Å². The zero-order valence-electron chi connectivity index (χ0n) is 12.9. The van der Waals surface area contributed by atoms with Crippen LogP contribution in [0.5, 0.6) is 0 Å². The van der Waals surface area contributed by atoms with E-state index in [2.05, 4.69) is 5.32 Å². The number of hydrogen-bond acceptors (Lipinski definition) is 3. The normalized spacial score (nSPS) is 20.0. The molecule has 0 saturated carbocycles. The quantitative estimate of drug-likeness (QED) is 0.861. The predicted octanol–water partition coefficient (Wildman–Crippen LogP) is 3.61. The van der Waals surface area contributed by atoms with Crippen molar-refractivity contribution in [2.24, 2.45) is 0 Å².